The lowest BCUT2D eigenvalue weighted by Gasteiger charge is -2.32. The van der Waals surface area contributed by atoms with Crippen molar-refractivity contribution in [3.8, 4) is 0 Å². The van der Waals surface area contributed by atoms with E-state index in [0.29, 0.717) is 24.0 Å². The van der Waals surface area contributed by atoms with E-state index in [1.807, 2.05) is 0 Å². The van der Waals surface area contributed by atoms with Crippen LogP contribution in [0.5, 0.6) is 0 Å². The highest BCUT2D eigenvalue weighted by Gasteiger charge is 2.57. The average molecular weight is 274 g/mol. The van der Waals surface area contributed by atoms with E-state index in [1.165, 1.54) is 0 Å². The lowest BCUT2D eigenvalue weighted by Crippen LogP contribution is -2.46. The van der Waals surface area contributed by atoms with E-state index in [-0.39, 0.29) is 22.5 Å². The second kappa shape index (κ2) is 2.96. The summed E-state index contributed by atoms with van der Waals surface area (Å²) in [6.45, 7) is 2.02. The summed E-state index contributed by atoms with van der Waals surface area (Å²) < 4.78 is 7.25. The summed E-state index contributed by atoms with van der Waals surface area (Å²) >= 11 is 12.0. The fourth-order valence-corrected chi connectivity index (χ4v) is 3.62. The van der Waals surface area contributed by atoms with E-state index in [1.54, 1.807) is 4.57 Å². The molecular weight excluding hydrogens is 265 g/mol. The molecule has 0 radical (unpaired) electrons. The van der Waals surface area contributed by atoms with Crippen LogP contribution in [0.3, 0.4) is 0 Å². The third-order valence-electron chi connectivity index (χ3n) is 3.92. The number of ether oxygens (including phenoxy) is 1. The number of nitrogens with zero attached hydrogens (tertiary/aromatic N) is 3. The summed E-state index contributed by atoms with van der Waals surface area (Å²) in [7, 11) is 0. The van der Waals surface area contributed by atoms with Crippen molar-refractivity contribution in [2.45, 2.75) is 24.6 Å². The van der Waals surface area contributed by atoms with Gasteiger partial charge in [-0.15, -0.1) is 0 Å². The Morgan fingerprint density at radius 2 is 2.29 bits per heavy atom. The van der Waals surface area contributed by atoms with E-state index in [4.69, 9.17) is 27.9 Å². The monoisotopic (exact) mass is 273 g/mol. The number of hydrogen-bond acceptors (Lipinski definition) is 4. The molecule has 0 amide bonds. The summed E-state index contributed by atoms with van der Waals surface area (Å²) in [6.07, 6.45) is 1.20. The summed E-state index contributed by atoms with van der Waals surface area (Å²) in [4.78, 5) is 17.7. The fraction of sp³-hybridized carbons (Fsp3) is 0.600. The molecule has 7 heteroatoms. The first-order valence-corrected chi connectivity index (χ1v) is 6.21. The molecular formula is C10H9Cl2N3O2. The second-order valence-electron chi connectivity index (χ2n) is 4.88. The predicted octanol–water partition coefficient (Wildman–Crippen LogP) is 0.911. The third kappa shape index (κ3) is 1.10. The Morgan fingerprint density at radius 3 is 3.06 bits per heavy atom. The van der Waals surface area contributed by atoms with Gasteiger partial charge in [-0.1, -0.05) is 23.2 Å². The average Bonchev–Trinajstić information content (AvgIpc) is 2.91. The highest BCUT2D eigenvalue weighted by Crippen LogP contribution is 2.49. The first-order chi connectivity index (χ1) is 8.11. The minimum Gasteiger partial charge on any atom is -0.374 e. The van der Waals surface area contributed by atoms with Crippen LogP contribution in [0.2, 0.25) is 10.2 Å². The maximum absolute atomic E-state index is 11.8. The first kappa shape index (κ1) is 10.2. The van der Waals surface area contributed by atoms with Crippen molar-refractivity contribution in [1.29, 1.82) is 0 Å². The second-order valence-corrected chi connectivity index (χ2v) is 5.62. The fourth-order valence-electron chi connectivity index (χ4n) is 3.22. The lowest BCUT2D eigenvalue weighted by molar-refractivity contribution is 0.0856. The van der Waals surface area contributed by atoms with Gasteiger partial charge in [0.05, 0.1) is 24.8 Å². The number of fused-ring (bicyclic) bond motifs is 3. The largest absolute Gasteiger partial charge is 0.374 e. The van der Waals surface area contributed by atoms with E-state index in [2.05, 4.69) is 9.88 Å². The molecule has 0 aliphatic carbocycles. The SMILES string of the molecule is O=c1nc(Cl)c(Cl)c2n1C[C@]13CO[C@H](CN21)C3. The zero-order valence-corrected chi connectivity index (χ0v) is 10.3. The molecule has 4 heterocycles. The van der Waals surface area contributed by atoms with Crippen LogP contribution in [-0.4, -0.2) is 34.3 Å². The first-order valence-electron chi connectivity index (χ1n) is 5.46. The number of anilines is 1. The topological polar surface area (TPSA) is 47.4 Å². The van der Waals surface area contributed by atoms with Crippen LogP contribution in [-0.2, 0) is 11.3 Å². The molecule has 2 saturated heterocycles. The summed E-state index contributed by atoms with van der Waals surface area (Å²) in [5.74, 6) is 0.711. The Hall–Kier alpha value is -0.780. The van der Waals surface area contributed by atoms with Gasteiger partial charge in [0, 0.05) is 13.0 Å². The van der Waals surface area contributed by atoms with Gasteiger partial charge in [0.25, 0.3) is 0 Å². The van der Waals surface area contributed by atoms with Crippen molar-refractivity contribution in [3.63, 3.8) is 0 Å². The number of halogens is 2. The third-order valence-corrected chi connectivity index (χ3v) is 4.64. The zero-order chi connectivity index (χ0) is 11.8. The van der Waals surface area contributed by atoms with Gasteiger partial charge >= 0.3 is 5.69 Å². The predicted molar refractivity (Wildman–Crippen MR) is 63.0 cm³/mol. The normalized spacial score (nSPS) is 33.1. The zero-order valence-electron chi connectivity index (χ0n) is 8.82. The van der Waals surface area contributed by atoms with Gasteiger partial charge in [0.1, 0.15) is 10.8 Å². The Bertz CT molecular complexity index is 588. The molecule has 1 aromatic rings. The van der Waals surface area contributed by atoms with E-state index >= 15 is 0 Å². The minimum absolute atomic E-state index is 0.0867. The van der Waals surface area contributed by atoms with Crippen LogP contribution >= 0.6 is 23.2 Å². The summed E-state index contributed by atoms with van der Waals surface area (Å²) in [6, 6.07) is 0. The van der Waals surface area contributed by atoms with Crippen molar-refractivity contribution in [1.82, 2.24) is 9.55 Å². The van der Waals surface area contributed by atoms with E-state index in [9.17, 15) is 4.79 Å². The van der Waals surface area contributed by atoms with Gasteiger partial charge in [-0.2, -0.15) is 4.98 Å². The van der Waals surface area contributed by atoms with Crippen LogP contribution in [0.1, 0.15) is 6.42 Å². The number of hydrogen-bond donors (Lipinski definition) is 0. The number of rotatable bonds is 0. The number of morpholine rings is 1. The Balaban J connectivity index is 1.98. The molecule has 5 nitrogen and oxygen atoms in total. The van der Waals surface area contributed by atoms with Crippen LogP contribution in [0.4, 0.5) is 5.82 Å². The highest BCUT2D eigenvalue weighted by molar-refractivity contribution is 6.42. The van der Waals surface area contributed by atoms with Crippen molar-refractivity contribution >= 4 is 29.0 Å². The van der Waals surface area contributed by atoms with Crippen molar-refractivity contribution in [2.75, 3.05) is 18.1 Å². The molecule has 1 spiro atoms. The van der Waals surface area contributed by atoms with Crippen LogP contribution in [0, 0.1) is 0 Å². The maximum Gasteiger partial charge on any atom is 0.350 e. The Labute approximate surface area is 107 Å². The molecule has 0 aromatic carbocycles. The van der Waals surface area contributed by atoms with E-state index < -0.39 is 0 Å². The molecule has 0 unspecified atom stereocenters. The molecule has 1 aromatic heterocycles. The molecule has 0 N–H and O–H groups in total. The van der Waals surface area contributed by atoms with E-state index in [0.717, 1.165) is 13.0 Å². The maximum atomic E-state index is 11.8. The van der Waals surface area contributed by atoms with Crippen LogP contribution in [0.15, 0.2) is 4.79 Å². The molecule has 2 atom stereocenters. The van der Waals surface area contributed by atoms with Gasteiger partial charge in [-0.25, -0.2) is 4.79 Å². The standard InChI is InChI=1S/C10H9Cl2N3O2/c11-6-7(12)13-9(16)14-3-10-1-5(17-4-10)2-15(10)8(6)14/h5H,1-4H2/t5-,10+/m0/s1. The van der Waals surface area contributed by atoms with Crippen molar-refractivity contribution < 1.29 is 4.74 Å². The lowest BCUT2D eigenvalue weighted by atomic mass is 10.0. The molecule has 3 aliphatic heterocycles. The van der Waals surface area contributed by atoms with Gasteiger partial charge in [0.2, 0.25) is 0 Å². The van der Waals surface area contributed by atoms with Gasteiger partial charge < -0.3 is 9.64 Å². The summed E-state index contributed by atoms with van der Waals surface area (Å²) in [5, 5.41) is 0.458. The number of aromatic nitrogens is 2. The molecule has 0 saturated carbocycles. The van der Waals surface area contributed by atoms with Gasteiger partial charge in [0.15, 0.2) is 5.15 Å². The van der Waals surface area contributed by atoms with Crippen molar-refractivity contribution in [3.05, 3.63) is 20.7 Å². The van der Waals surface area contributed by atoms with Crippen LogP contribution in [0.25, 0.3) is 0 Å². The smallest absolute Gasteiger partial charge is 0.350 e. The molecule has 2 bridgehead atoms. The molecule has 90 valence electrons. The molecule has 3 aliphatic rings. The molecule has 17 heavy (non-hydrogen) atoms. The molecule has 4 rings (SSSR count). The minimum atomic E-state index is -0.332. The Morgan fingerprint density at radius 1 is 1.47 bits per heavy atom. The molecule has 2 fully saturated rings. The van der Waals surface area contributed by atoms with Gasteiger partial charge in [-0.3, -0.25) is 4.57 Å². The van der Waals surface area contributed by atoms with Crippen LogP contribution < -0.4 is 10.6 Å². The summed E-state index contributed by atoms with van der Waals surface area (Å²) in [5.41, 5.74) is -0.436. The quantitative estimate of drug-likeness (QED) is 0.660. The Kier molecular flexibility index (Phi) is 1.77. The highest BCUT2D eigenvalue weighted by atomic mass is 35.5. The van der Waals surface area contributed by atoms with Crippen molar-refractivity contribution in [2.24, 2.45) is 0 Å². The van der Waals surface area contributed by atoms with Gasteiger partial charge in [-0.05, 0) is 0 Å².